The molecule has 0 spiro atoms. The smallest absolute Gasteiger partial charge is 0.0665 e. The van der Waals surface area contributed by atoms with Gasteiger partial charge < -0.3 is 10.1 Å². The second-order valence-electron chi connectivity index (χ2n) is 7.41. The zero-order valence-electron chi connectivity index (χ0n) is 14.1. The van der Waals surface area contributed by atoms with Gasteiger partial charge in [-0.25, -0.2) is 0 Å². The minimum atomic E-state index is 0.172. The van der Waals surface area contributed by atoms with Crippen LogP contribution in [0.25, 0.3) is 0 Å². The molecular weight excluding hydrogens is 326 g/mol. The monoisotopic (exact) mass is 353 g/mol. The van der Waals surface area contributed by atoms with Crippen LogP contribution in [0, 0.1) is 25.2 Å². The summed E-state index contributed by atoms with van der Waals surface area (Å²) in [5.41, 5.74) is 3.98. The molecule has 1 N–H and O–H groups in total. The topological polar surface area (TPSA) is 21.3 Å². The van der Waals surface area contributed by atoms with Crippen LogP contribution in [-0.2, 0) is 4.74 Å². The molecule has 1 aliphatic rings. The highest BCUT2D eigenvalue weighted by Crippen LogP contribution is 2.45. The Balaban J connectivity index is 2.03. The van der Waals surface area contributed by atoms with Gasteiger partial charge in [0.1, 0.15) is 0 Å². The van der Waals surface area contributed by atoms with E-state index in [1.807, 2.05) is 0 Å². The SMILES string of the molecule is Cc1cc(C)c(NC2CC(OCC(C)C)C2(C)C)c(Br)c1. The van der Waals surface area contributed by atoms with Crippen molar-refractivity contribution in [1.29, 1.82) is 0 Å². The number of aryl methyl sites for hydroxylation is 2. The van der Waals surface area contributed by atoms with Gasteiger partial charge in [0, 0.05) is 22.5 Å². The number of anilines is 1. The summed E-state index contributed by atoms with van der Waals surface area (Å²) in [6.45, 7) is 14.2. The molecule has 0 radical (unpaired) electrons. The van der Waals surface area contributed by atoms with Gasteiger partial charge in [-0.2, -0.15) is 0 Å². The fraction of sp³-hybridized carbons (Fsp3) is 0.667. The van der Waals surface area contributed by atoms with Crippen LogP contribution in [0.3, 0.4) is 0 Å². The van der Waals surface area contributed by atoms with Crippen molar-refractivity contribution in [2.45, 2.75) is 60.1 Å². The fourth-order valence-corrected chi connectivity index (χ4v) is 3.78. The number of halogens is 1. The first kappa shape index (κ1) is 16.8. The predicted molar refractivity (Wildman–Crippen MR) is 94.0 cm³/mol. The van der Waals surface area contributed by atoms with E-state index in [0.29, 0.717) is 18.1 Å². The Morgan fingerprint density at radius 2 is 2.00 bits per heavy atom. The molecule has 1 fully saturated rings. The lowest BCUT2D eigenvalue weighted by Crippen LogP contribution is -2.58. The van der Waals surface area contributed by atoms with Crippen LogP contribution in [-0.4, -0.2) is 18.8 Å². The Morgan fingerprint density at radius 3 is 2.52 bits per heavy atom. The van der Waals surface area contributed by atoms with Gasteiger partial charge in [-0.05, 0) is 59.3 Å². The van der Waals surface area contributed by atoms with E-state index >= 15 is 0 Å². The number of ether oxygens (including phenoxy) is 1. The lowest BCUT2D eigenvalue weighted by Gasteiger charge is -2.52. The third-order valence-electron chi connectivity index (χ3n) is 4.56. The van der Waals surface area contributed by atoms with Crippen molar-refractivity contribution in [2.75, 3.05) is 11.9 Å². The summed E-state index contributed by atoms with van der Waals surface area (Å²) in [6.07, 6.45) is 1.45. The van der Waals surface area contributed by atoms with Gasteiger partial charge in [0.25, 0.3) is 0 Å². The third kappa shape index (κ3) is 3.62. The average molecular weight is 354 g/mol. The first-order valence-electron chi connectivity index (χ1n) is 7.86. The van der Waals surface area contributed by atoms with Crippen LogP contribution in [0.2, 0.25) is 0 Å². The van der Waals surface area contributed by atoms with Crippen molar-refractivity contribution in [2.24, 2.45) is 11.3 Å². The normalized spacial score (nSPS) is 24.0. The van der Waals surface area contributed by atoms with Gasteiger partial charge in [0.2, 0.25) is 0 Å². The zero-order valence-corrected chi connectivity index (χ0v) is 15.7. The molecule has 2 unspecified atom stereocenters. The van der Waals surface area contributed by atoms with Gasteiger partial charge >= 0.3 is 0 Å². The van der Waals surface area contributed by atoms with Gasteiger partial charge in [-0.15, -0.1) is 0 Å². The number of rotatable bonds is 5. The standard InChI is InChI=1S/C18H28BrNO/c1-11(2)10-21-16-9-15(18(16,5)6)20-17-13(4)7-12(3)8-14(17)19/h7-8,11,15-16,20H,9-10H2,1-6H3. The molecule has 1 aliphatic carbocycles. The molecule has 0 aromatic heterocycles. The number of nitrogens with one attached hydrogen (secondary N) is 1. The molecular formula is C18H28BrNO. The van der Waals surface area contributed by atoms with Crippen LogP contribution < -0.4 is 5.32 Å². The molecule has 3 heteroatoms. The van der Waals surface area contributed by atoms with E-state index < -0.39 is 0 Å². The Kier molecular flexibility index (Phi) is 5.04. The van der Waals surface area contributed by atoms with Crippen molar-refractivity contribution in [3.05, 3.63) is 27.7 Å². The number of benzene rings is 1. The Bertz CT molecular complexity index is 487. The minimum absolute atomic E-state index is 0.172. The van der Waals surface area contributed by atoms with Crippen molar-refractivity contribution in [3.63, 3.8) is 0 Å². The van der Waals surface area contributed by atoms with Crippen molar-refractivity contribution in [1.82, 2.24) is 0 Å². The summed E-state index contributed by atoms with van der Waals surface area (Å²) in [5.74, 6) is 0.598. The molecule has 2 nitrogen and oxygen atoms in total. The van der Waals surface area contributed by atoms with E-state index in [1.54, 1.807) is 0 Å². The lowest BCUT2D eigenvalue weighted by atomic mass is 9.64. The lowest BCUT2D eigenvalue weighted by molar-refractivity contribution is -0.108. The van der Waals surface area contributed by atoms with Crippen LogP contribution >= 0.6 is 15.9 Å². The van der Waals surface area contributed by atoms with Gasteiger partial charge in [0.05, 0.1) is 11.8 Å². The maximum atomic E-state index is 6.05. The van der Waals surface area contributed by atoms with Crippen LogP contribution in [0.15, 0.2) is 16.6 Å². The molecule has 0 heterocycles. The van der Waals surface area contributed by atoms with E-state index in [-0.39, 0.29) is 5.41 Å². The molecule has 2 atom stereocenters. The summed E-state index contributed by atoms with van der Waals surface area (Å²) < 4.78 is 7.21. The number of hydrogen-bond donors (Lipinski definition) is 1. The first-order chi connectivity index (χ1) is 9.71. The second-order valence-corrected chi connectivity index (χ2v) is 8.26. The molecule has 2 rings (SSSR count). The Labute approximate surface area is 137 Å². The molecule has 1 aromatic carbocycles. The molecule has 1 aromatic rings. The van der Waals surface area contributed by atoms with E-state index in [4.69, 9.17) is 4.74 Å². The molecule has 0 saturated heterocycles. The quantitative estimate of drug-likeness (QED) is 0.773. The molecule has 118 valence electrons. The van der Waals surface area contributed by atoms with Gasteiger partial charge in [-0.3, -0.25) is 0 Å². The third-order valence-corrected chi connectivity index (χ3v) is 5.18. The van der Waals surface area contributed by atoms with E-state index in [0.717, 1.165) is 17.5 Å². The Hall–Kier alpha value is -0.540. The summed E-state index contributed by atoms with van der Waals surface area (Å²) in [6, 6.07) is 4.87. The highest BCUT2D eigenvalue weighted by Gasteiger charge is 2.49. The van der Waals surface area contributed by atoms with Gasteiger partial charge in [-0.1, -0.05) is 33.8 Å². The van der Waals surface area contributed by atoms with Crippen molar-refractivity contribution < 1.29 is 4.74 Å². The Morgan fingerprint density at radius 1 is 1.33 bits per heavy atom. The summed E-state index contributed by atoms with van der Waals surface area (Å²) in [7, 11) is 0. The van der Waals surface area contributed by atoms with Crippen molar-refractivity contribution >= 4 is 21.6 Å². The maximum absolute atomic E-state index is 6.05. The molecule has 0 aliphatic heterocycles. The van der Waals surface area contributed by atoms with Crippen LogP contribution in [0.4, 0.5) is 5.69 Å². The van der Waals surface area contributed by atoms with E-state index in [2.05, 4.69) is 74.9 Å². The molecule has 21 heavy (non-hydrogen) atoms. The molecule has 0 amide bonds. The van der Waals surface area contributed by atoms with E-state index in [1.165, 1.54) is 16.8 Å². The van der Waals surface area contributed by atoms with Crippen molar-refractivity contribution in [3.8, 4) is 0 Å². The predicted octanol–water partition coefficient (Wildman–Crippen LogP) is 5.32. The molecule has 1 saturated carbocycles. The van der Waals surface area contributed by atoms with E-state index in [9.17, 15) is 0 Å². The highest BCUT2D eigenvalue weighted by molar-refractivity contribution is 9.10. The highest BCUT2D eigenvalue weighted by atomic mass is 79.9. The zero-order chi connectivity index (χ0) is 15.8. The second kappa shape index (κ2) is 6.29. The summed E-state index contributed by atoms with van der Waals surface area (Å²) >= 11 is 3.69. The van der Waals surface area contributed by atoms with Crippen LogP contribution in [0.1, 0.15) is 45.2 Å². The number of hydrogen-bond acceptors (Lipinski definition) is 2. The fourth-order valence-electron chi connectivity index (χ4n) is 2.99. The molecule has 0 bridgehead atoms. The minimum Gasteiger partial charge on any atom is -0.380 e. The van der Waals surface area contributed by atoms with Crippen LogP contribution in [0.5, 0.6) is 0 Å². The maximum Gasteiger partial charge on any atom is 0.0665 e. The average Bonchev–Trinajstić information content (AvgIpc) is 2.34. The van der Waals surface area contributed by atoms with Gasteiger partial charge in [0.15, 0.2) is 0 Å². The summed E-state index contributed by atoms with van der Waals surface area (Å²) in [4.78, 5) is 0. The first-order valence-corrected chi connectivity index (χ1v) is 8.66. The summed E-state index contributed by atoms with van der Waals surface area (Å²) in [5, 5.41) is 3.72. The largest absolute Gasteiger partial charge is 0.380 e.